The summed E-state index contributed by atoms with van der Waals surface area (Å²) >= 11 is 0. The van der Waals surface area contributed by atoms with Gasteiger partial charge in [0.05, 0.1) is 49.7 Å². The SMILES string of the molecule is CCOc1cc([C@H](CS(C)(=O)=O)n2c(=O)n(CCO)c3cc(F)ccc32)ccc1OC. The molecule has 0 amide bonds. The predicted octanol–water partition coefficient (Wildman–Crippen LogP) is 1.98. The second kappa shape index (κ2) is 9.11. The largest absolute Gasteiger partial charge is 0.493 e. The average Bonchev–Trinajstić information content (AvgIpc) is 2.97. The Morgan fingerprint density at radius 2 is 1.87 bits per heavy atom. The number of nitrogens with zero attached hydrogens (tertiary/aromatic N) is 2. The molecule has 168 valence electrons. The third-order valence-corrected chi connectivity index (χ3v) is 5.81. The zero-order valence-corrected chi connectivity index (χ0v) is 18.4. The highest BCUT2D eigenvalue weighted by atomic mass is 32.2. The van der Waals surface area contributed by atoms with Gasteiger partial charge in [0.15, 0.2) is 11.5 Å². The molecule has 0 bridgehead atoms. The molecule has 0 aliphatic carbocycles. The van der Waals surface area contributed by atoms with Crippen molar-refractivity contribution >= 4 is 20.9 Å². The normalized spacial score (nSPS) is 12.8. The van der Waals surface area contributed by atoms with Crippen LogP contribution in [0.1, 0.15) is 18.5 Å². The van der Waals surface area contributed by atoms with E-state index in [1.165, 1.54) is 34.4 Å². The van der Waals surface area contributed by atoms with Crippen molar-refractivity contribution in [2.45, 2.75) is 19.5 Å². The van der Waals surface area contributed by atoms with Crippen LogP contribution in [0.2, 0.25) is 0 Å². The number of hydrogen-bond donors (Lipinski definition) is 1. The quantitative estimate of drug-likeness (QED) is 0.533. The molecule has 0 spiro atoms. The molecular formula is C21H25FN2O6S. The molecule has 1 aromatic heterocycles. The van der Waals surface area contributed by atoms with E-state index in [0.717, 1.165) is 6.26 Å². The van der Waals surface area contributed by atoms with Gasteiger partial charge >= 0.3 is 5.69 Å². The maximum absolute atomic E-state index is 13.9. The van der Waals surface area contributed by atoms with E-state index in [0.29, 0.717) is 29.2 Å². The van der Waals surface area contributed by atoms with Crippen LogP contribution < -0.4 is 15.2 Å². The molecule has 0 radical (unpaired) electrons. The molecule has 8 nitrogen and oxygen atoms in total. The van der Waals surface area contributed by atoms with Gasteiger partial charge in [-0.15, -0.1) is 0 Å². The molecule has 3 rings (SSSR count). The first-order valence-corrected chi connectivity index (χ1v) is 11.8. The average molecular weight is 453 g/mol. The van der Waals surface area contributed by atoms with Crippen molar-refractivity contribution in [1.29, 1.82) is 0 Å². The van der Waals surface area contributed by atoms with Gasteiger partial charge in [-0.2, -0.15) is 0 Å². The minimum atomic E-state index is -3.52. The van der Waals surface area contributed by atoms with Gasteiger partial charge < -0.3 is 14.6 Å². The minimum absolute atomic E-state index is 0.0514. The summed E-state index contributed by atoms with van der Waals surface area (Å²) < 4.78 is 51.9. The van der Waals surface area contributed by atoms with Crippen molar-refractivity contribution < 1.29 is 27.4 Å². The number of aliphatic hydroxyl groups excluding tert-OH is 1. The number of imidazole rings is 1. The summed E-state index contributed by atoms with van der Waals surface area (Å²) in [5.41, 5.74) is 0.611. The van der Waals surface area contributed by atoms with Gasteiger partial charge in [-0.1, -0.05) is 6.07 Å². The molecule has 0 aliphatic rings. The molecule has 2 aromatic carbocycles. The Balaban J connectivity index is 2.31. The highest BCUT2D eigenvalue weighted by molar-refractivity contribution is 7.90. The first kappa shape index (κ1) is 22.8. The van der Waals surface area contributed by atoms with Crippen LogP contribution in [0.5, 0.6) is 11.5 Å². The molecule has 0 saturated heterocycles. The van der Waals surface area contributed by atoms with Crippen LogP contribution in [-0.2, 0) is 16.4 Å². The predicted molar refractivity (Wildman–Crippen MR) is 115 cm³/mol. The number of halogens is 1. The van der Waals surface area contributed by atoms with Crippen molar-refractivity contribution in [2.24, 2.45) is 0 Å². The summed E-state index contributed by atoms with van der Waals surface area (Å²) in [5.74, 6) is -0.0143. The molecule has 31 heavy (non-hydrogen) atoms. The number of sulfone groups is 1. The maximum atomic E-state index is 13.9. The first-order chi connectivity index (χ1) is 14.7. The van der Waals surface area contributed by atoms with E-state index in [1.807, 2.05) is 6.92 Å². The van der Waals surface area contributed by atoms with Crippen LogP contribution in [-0.4, -0.2) is 55.0 Å². The second-order valence-electron chi connectivity index (χ2n) is 7.11. The number of benzene rings is 2. The van der Waals surface area contributed by atoms with Crippen molar-refractivity contribution in [3.8, 4) is 11.5 Å². The zero-order chi connectivity index (χ0) is 22.8. The number of rotatable bonds is 9. The van der Waals surface area contributed by atoms with Crippen LogP contribution in [0.25, 0.3) is 11.0 Å². The van der Waals surface area contributed by atoms with Crippen LogP contribution in [0, 0.1) is 5.82 Å². The van der Waals surface area contributed by atoms with Crippen molar-refractivity contribution in [3.63, 3.8) is 0 Å². The van der Waals surface area contributed by atoms with Crippen LogP contribution in [0.15, 0.2) is 41.2 Å². The second-order valence-corrected chi connectivity index (χ2v) is 9.30. The lowest BCUT2D eigenvalue weighted by Crippen LogP contribution is -2.32. The number of hydrogen-bond acceptors (Lipinski definition) is 6. The van der Waals surface area contributed by atoms with Crippen LogP contribution in [0.4, 0.5) is 4.39 Å². The molecule has 1 atom stereocenters. The number of fused-ring (bicyclic) bond motifs is 1. The Labute approximate surface area is 179 Å². The summed E-state index contributed by atoms with van der Waals surface area (Å²) in [4.78, 5) is 13.3. The minimum Gasteiger partial charge on any atom is -0.493 e. The molecule has 0 aliphatic heterocycles. The molecule has 0 fully saturated rings. The van der Waals surface area contributed by atoms with Gasteiger partial charge in [0.1, 0.15) is 15.7 Å². The number of ether oxygens (including phenoxy) is 2. The highest BCUT2D eigenvalue weighted by Gasteiger charge is 2.26. The number of aromatic nitrogens is 2. The molecule has 1 heterocycles. The highest BCUT2D eigenvalue weighted by Crippen LogP contribution is 2.33. The first-order valence-electron chi connectivity index (χ1n) is 9.69. The monoisotopic (exact) mass is 452 g/mol. The fourth-order valence-electron chi connectivity index (χ4n) is 3.65. The molecule has 0 unspecified atom stereocenters. The Bertz CT molecular complexity index is 1250. The summed E-state index contributed by atoms with van der Waals surface area (Å²) in [6, 6.07) is 7.89. The van der Waals surface area contributed by atoms with Crippen molar-refractivity contribution in [3.05, 3.63) is 58.3 Å². The lowest BCUT2D eigenvalue weighted by Gasteiger charge is -2.20. The van der Waals surface area contributed by atoms with Gasteiger partial charge in [0.2, 0.25) is 0 Å². The molecule has 0 saturated carbocycles. The summed E-state index contributed by atoms with van der Waals surface area (Å²) in [7, 11) is -2.03. The third kappa shape index (κ3) is 4.75. The summed E-state index contributed by atoms with van der Waals surface area (Å²) in [5, 5.41) is 9.39. The fraction of sp³-hybridized carbons (Fsp3) is 0.381. The lowest BCUT2D eigenvalue weighted by molar-refractivity contribution is 0.275. The Morgan fingerprint density at radius 1 is 1.13 bits per heavy atom. The Morgan fingerprint density at radius 3 is 2.48 bits per heavy atom. The molecule has 3 aromatic rings. The van der Waals surface area contributed by atoms with Crippen molar-refractivity contribution in [1.82, 2.24) is 9.13 Å². The lowest BCUT2D eigenvalue weighted by atomic mass is 10.1. The van der Waals surface area contributed by atoms with E-state index in [2.05, 4.69) is 0 Å². The van der Waals surface area contributed by atoms with Gasteiger partial charge in [-0.05, 0) is 42.8 Å². The van der Waals surface area contributed by atoms with E-state index >= 15 is 0 Å². The summed E-state index contributed by atoms with van der Waals surface area (Å²) in [6.45, 7) is 1.79. The molecule has 10 heteroatoms. The Kier molecular flexibility index (Phi) is 6.71. The number of aliphatic hydroxyl groups is 1. The van der Waals surface area contributed by atoms with Gasteiger partial charge in [-0.3, -0.25) is 9.13 Å². The number of methoxy groups -OCH3 is 1. The van der Waals surface area contributed by atoms with Crippen LogP contribution >= 0.6 is 0 Å². The molecular weight excluding hydrogens is 427 g/mol. The van der Waals surface area contributed by atoms with Crippen LogP contribution in [0.3, 0.4) is 0 Å². The molecule has 1 N–H and O–H groups in total. The summed E-state index contributed by atoms with van der Waals surface area (Å²) in [6.07, 6.45) is 1.09. The van der Waals surface area contributed by atoms with Gasteiger partial charge in [-0.25, -0.2) is 17.6 Å². The van der Waals surface area contributed by atoms with E-state index in [9.17, 15) is 22.7 Å². The standard InChI is InChI=1S/C21H25FN2O6S/c1-4-30-20-11-14(5-8-19(20)29-2)18(13-31(3,27)28)24-16-7-6-15(22)12-17(16)23(9-10-25)21(24)26/h5-8,11-12,18,25H,4,9-10,13H2,1-3H3/t18-/m0/s1. The third-order valence-electron chi connectivity index (χ3n) is 4.89. The Hall–Kier alpha value is -2.85. The van der Waals surface area contributed by atoms with Gasteiger partial charge in [0.25, 0.3) is 0 Å². The van der Waals surface area contributed by atoms with Gasteiger partial charge in [0, 0.05) is 6.26 Å². The van der Waals surface area contributed by atoms with E-state index in [4.69, 9.17) is 9.47 Å². The zero-order valence-electron chi connectivity index (χ0n) is 17.5. The van der Waals surface area contributed by atoms with Crippen molar-refractivity contribution in [2.75, 3.05) is 32.3 Å². The fourth-order valence-corrected chi connectivity index (χ4v) is 4.56. The van der Waals surface area contributed by atoms with E-state index in [-0.39, 0.29) is 24.4 Å². The van der Waals surface area contributed by atoms with E-state index < -0.39 is 27.4 Å². The van der Waals surface area contributed by atoms with E-state index in [1.54, 1.807) is 18.2 Å². The topological polar surface area (TPSA) is 99.8 Å². The smallest absolute Gasteiger partial charge is 0.329 e. The maximum Gasteiger partial charge on any atom is 0.329 e.